The van der Waals surface area contributed by atoms with Gasteiger partial charge in [0, 0.05) is 0 Å². The predicted octanol–water partition coefficient (Wildman–Crippen LogP) is 1.87. The zero-order valence-electron chi connectivity index (χ0n) is 11.9. The highest BCUT2D eigenvalue weighted by Crippen LogP contribution is 2.33. The summed E-state index contributed by atoms with van der Waals surface area (Å²) >= 11 is 5.94. The van der Waals surface area contributed by atoms with Gasteiger partial charge in [-0.15, -0.1) is 0 Å². The lowest BCUT2D eigenvalue weighted by atomic mass is 10.1. The molecule has 0 saturated heterocycles. The fourth-order valence-corrected chi connectivity index (χ4v) is 2.26. The van der Waals surface area contributed by atoms with Crippen molar-refractivity contribution in [2.24, 2.45) is 0 Å². The summed E-state index contributed by atoms with van der Waals surface area (Å²) in [6, 6.07) is 4.11. The van der Waals surface area contributed by atoms with Gasteiger partial charge < -0.3 is 19.1 Å². The highest BCUT2D eigenvalue weighted by atomic mass is 35.5. The normalized spacial score (nSPS) is 14.8. The summed E-state index contributed by atoms with van der Waals surface area (Å²) in [6.45, 7) is -0.214. The zero-order chi connectivity index (χ0) is 16.3. The van der Waals surface area contributed by atoms with Gasteiger partial charge in [-0.25, -0.2) is 14.0 Å². The number of nitrogens with zero attached hydrogens (tertiary/aromatic N) is 1. The Hall–Kier alpha value is -2.12. The highest BCUT2D eigenvalue weighted by molar-refractivity contribution is 6.33. The summed E-state index contributed by atoms with van der Waals surface area (Å²) in [7, 11) is 2.35. The van der Waals surface area contributed by atoms with E-state index >= 15 is 0 Å². The topological polar surface area (TPSA) is 65.1 Å². The Balaban J connectivity index is 2.60. The van der Waals surface area contributed by atoms with E-state index in [2.05, 4.69) is 4.74 Å². The molecule has 0 aromatic heterocycles. The molecule has 1 aliphatic heterocycles. The largest absolute Gasteiger partial charge is 0.466 e. The molecular formula is C14H13ClFNO5. The predicted molar refractivity (Wildman–Crippen MR) is 75.8 cm³/mol. The van der Waals surface area contributed by atoms with Crippen LogP contribution < -0.4 is 4.90 Å². The second-order valence-corrected chi connectivity index (χ2v) is 4.67. The lowest BCUT2D eigenvalue weighted by Crippen LogP contribution is -2.39. The summed E-state index contributed by atoms with van der Waals surface area (Å²) in [5, 5.41) is -0.196. The average Bonchev–Trinajstić information content (AvgIpc) is 2.55. The quantitative estimate of drug-likeness (QED) is 0.789. The minimum absolute atomic E-state index is 0.0269. The first-order chi connectivity index (χ1) is 10.5. The molecule has 0 saturated carbocycles. The molecular weight excluding hydrogens is 317 g/mol. The molecule has 118 valence electrons. The molecule has 0 radical (unpaired) electrons. The van der Waals surface area contributed by atoms with Gasteiger partial charge in [0.1, 0.15) is 23.3 Å². The highest BCUT2D eigenvalue weighted by Gasteiger charge is 2.33. The number of hydrogen-bond acceptors (Lipinski definition) is 6. The van der Waals surface area contributed by atoms with E-state index in [0.29, 0.717) is 0 Å². The van der Waals surface area contributed by atoms with Crippen LogP contribution in [0, 0.1) is 5.82 Å². The summed E-state index contributed by atoms with van der Waals surface area (Å²) < 4.78 is 28.2. The third-order valence-electron chi connectivity index (χ3n) is 3.06. The zero-order valence-corrected chi connectivity index (χ0v) is 12.6. The van der Waals surface area contributed by atoms with Crippen LogP contribution in [0.15, 0.2) is 29.5 Å². The van der Waals surface area contributed by atoms with Crippen molar-refractivity contribution in [3.8, 4) is 0 Å². The van der Waals surface area contributed by atoms with Gasteiger partial charge in [-0.3, -0.25) is 0 Å². The molecule has 0 N–H and O–H groups in total. The van der Waals surface area contributed by atoms with Crippen LogP contribution in [0.3, 0.4) is 0 Å². The van der Waals surface area contributed by atoms with Crippen molar-refractivity contribution in [1.29, 1.82) is 0 Å². The van der Waals surface area contributed by atoms with E-state index in [1.807, 2.05) is 0 Å². The van der Waals surface area contributed by atoms with Gasteiger partial charge in [0.2, 0.25) is 0 Å². The number of hydrogen-bond donors (Lipinski definition) is 0. The number of benzene rings is 1. The van der Waals surface area contributed by atoms with Gasteiger partial charge in [-0.1, -0.05) is 17.7 Å². The number of anilines is 1. The Labute approximate surface area is 131 Å². The molecule has 0 aliphatic carbocycles. The minimum atomic E-state index is -0.774. The van der Waals surface area contributed by atoms with E-state index in [1.165, 1.54) is 37.3 Å². The molecule has 0 unspecified atom stereocenters. The van der Waals surface area contributed by atoms with Gasteiger partial charge in [0.25, 0.3) is 0 Å². The smallest absolute Gasteiger partial charge is 0.355 e. The maximum Gasteiger partial charge on any atom is 0.355 e. The van der Waals surface area contributed by atoms with Crippen molar-refractivity contribution in [1.82, 2.24) is 0 Å². The van der Waals surface area contributed by atoms with E-state index in [4.69, 9.17) is 21.1 Å². The first-order valence-corrected chi connectivity index (χ1v) is 6.58. The summed E-state index contributed by atoms with van der Waals surface area (Å²) in [5.74, 6) is -2.17. The Bertz CT molecular complexity index is 646. The van der Waals surface area contributed by atoms with Crippen LogP contribution in [0.2, 0.25) is 5.02 Å². The van der Waals surface area contributed by atoms with Crippen molar-refractivity contribution >= 4 is 29.2 Å². The molecule has 1 aromatic carbocycles. The van der Waals surface area contributed by atoms with E-state index in [0.717, 1.165) is 0 Å². The van der Waals surface area contributed by atoms with Crippen LogP contribution >= 0.6 is 11.6 Å². The van der Waals surface area contributed by atoms with Crippen LogP contribution in [-0.2, 0) is 23.8 Å². The molecule has 0 bridgehead atoms. The molecule has 1 aliphatic rings. The number of esters is 2. The molecule has 6 nitrogen and oxygen atoms in total. The third-order valence-corrected chi connectivity index (χ3v) is 3.43. The lowest BCUT2D eigenvalue weighted by Gasteiger charge is -2.31. The van der Waals surface area contributed by atoms with Crippen molar-refractivity contribution in [3.63, 3.8) is 0 Å². The SMILES string of the molecule is COC(=O)C1=C(C(=O)OC)N(c2cccc(F)c2Cl)COC1. The fraction of sp³-hybridized carbons (Fsp3) is 0.286. The average molecular weight is 330 g/mol. The van der Waals surface area contributed by atoms with Crippen LogP contribution in [0.5, 0.6) is 0 Å². The second-order valence-electron chi connectivity index (χ2n) is 4.29. The number of carbonyl (C=O) groups excluding carboxylic acids is 2. The molecule has 0 amide bonds. The van der Waals surface area contributed by atoms with Crippen molar-refractivity contribution in [3.05, 3.63) is 40.3 Å². The molecule has 0 fully saturated rings. The van der Waals surface area contributed by atoms with Crippen LogP contribution in [0.4, 0.5) is 10.1 Å². The minimum Gasteiger partial charge on any atom is -0.466 e. The Morgan fingerprint density at radius 1 is 1.27 bits per heavy atom. The first kappa shape index (κ1) is 16.3. The molecule has 0 atom stereocenters. The molecule has 1 heterocycles. The number of methoxy groups -OCH3 is 2. The third kappa shape index (κ3) is 2.90. The number of carbonyl (C=O) groups is 2. The van der Waals surface area contributed by atoms with Gasteiger partial charge >= 0.3 is 11.9 Å². The maximum atomic E-state index is 13.6. The van der Waals surface area contributed by atoms with E-state index < -0.39 is 17.8 Å². The van der Waals surface area contributed by atoms with Gasteiger partial charge in [0.05, 0.1) is 32.1 Å². The standard InChI is InChI=1S/C14H13ClFNO5/c1-20-13(18)8-6-22-7-17(12(8)14(19)21-2)10-5-3-4-9(16)11(10)15/h3-5H,6-7H2,1-2H3. The summed E-state index contributed by atoms with van der Waals surface area (Å²) in [6.07, 6.45) is 0. The van der Waals surface area contributed by atoms with Crippen molar-refractivity contribution in [2.45, 2.75) is 0 Å². The van der Waals surface area contributed by atoms with Gasteiger partial charge in [0.15, 0.2) is 0 Å². The Morgan fingerprint density at radius 3 is 2.59 bits per heavy atom. The first-order valence-electron chi connectivity index (χ1n) is 6.20. The summed E-state index contributed by atoms with van der Waals surface area (Å²) in [4.78, 5) is 25.2. The monoisotopic (exact) mass is 329 g/mol. The van der Waals surface area contributed by atoms with Gasteiger partial charge in [-0.2, -0.15) is 0 Å². The van der Waals surface area contributed by atoms with E-state index in [-0.39, 0.29) is 35.3 Å². The van der Waals surface area contributed by atoms with Crippen molar-refractivity contribution in [2.75, 3.05) is 32.5 Å². The van der Waals surface area contributed by atoms with Crippen LogP contribution in [-0.4, -0.2) is 39.5 Å². The van der Waals surface area contributed by atoms with Crippen LogP contribution in [0.25, 0.3) is 0 Å². The number of rotatable bonds is 3. The van der Waals surface area contributed by atoms with E-state index in [9.17, 15) is 14.0 Å². The van der Waals surface area contributed by atoms with Crippen LogP contribution in [0.1, 0.15) is 0 Å². The lowest BCUT2D eigenvalue weighted by molar-refractivity contribution is -0.140. The Kier molecular flexibility index (Phi) is 4.99. The van der Waals surface area contributed by atoms with E-state index in [1.54, 1.807) is 0 Å². The molecule has 1 aromatic rings. The molecule has 8 heteroatoms. The Morgan fingerprint density at radius 2 is 1.95 bits per heavy atom. The summed E-state index contributed by atoms with van der Waals surface area (Å²) in [5.41, 5.74) is 0.0668. The molecule has 2 rings (SSSR count). The molecule has 0 spiro atoms. The van der Waals surface area contributed by atoms with Crippen molar-refractivity contribution < 1.29 is 28.2 Å². The number of ether oxygens (including phenoxy) is 3. The fourth-order valence-electron chi connectivity index (χ4n) is 2.03. The second kappa shape index (κ2) is 6.76. The number of halogens is 2. The maximum absolute atomic E-state index is 13.6. The van der Waals surface area contributed by atoms with Gasteiger partial charge in [-0.05, 0) is 12.1 Å². The molecule has 22 heavy (non-hydrogen) atoms.